The number of nitrogens with zero attached hydrogens (tertiary/aromatic N) is 1. The molecule has 0 fully saturated rings. The van der Waals surface area contributed by atoms with Gasteiger partial charge in [-0.05, 0) is 36.2 Å². The van der Waals surface area contributed by atoms with Crippen LogP contribution in [0.25, 0.3) is 0 Å². The number of carbonyl (C=O) groups excluding carboxylic acids is 3. The summed E-state index contributed by atoms with van der Waals surface area (Å²) in [5, 5.41) is 8.34. The maximum Gasteiger partial charge on any atom is 0.315 e. The molecule has 0 saturated heterocycles. The first-order valence-corrected chi connectivity index (χ1v) is 10.3. The third-order valence-corrected chi connectivity index (χ3v) is 4.78. The largest absolute Gasteiger partial charge is 0.335 e. The average molecular weight is 449 g/mol. The number of para-hydroxylation sites is 1. The maximum atomic E-state index is 13.0. The minimum Gasteiger partial charge on any atom is -0.335 e. The molecule has 2 aromatic rings. The highest BCUT2D eigenvalue weighted by Crippen LogP contribution is 2.20. The van der Waals surface area contributed by atoms with Crippen LogP contribution in [-0.2, 0) is 16.1 Å². The fourth-order valence-electron chi connectivity index (χ4n) is 2.85. The summed E-state index contributed by atoms with van der Waals surface area (Å²) in [4.78, 5) is 38.5. The Morgan fingerprint density at radius 3 is 2.42 bits per heavy atom. The third kappa shape index (κ3) is 7.90. The Bertz CT molecular complexity index is 908. The van der Waals surface area contributed by atoms with Crippen LogP contribution in [0.3, 0.4) is 0 Å². The van der Waals surface area contributed by atoms with Crippen LogP contribution in [0.4, 0.5) is 14.9 Å². The topological polar surface area (TPSA) is 90.5 Å². The molecular formula is C22H26ClFN4O3. The van der Waals surface area contributed by atoms with Crippen LogP contribution < -0.4 is 16.0 Å². The average Bonchev–Trinajstić information content (AvgIpc) is 2.74. The van der Waals surface area contributed by atoms with Gasteiger partial charge in [0.15, 0.2) is 0 Å². The first-order chi connectivity index (χ1) is 14.8. The van der Waals surface area contributed by atoms with Gasteiger partial charge in [0, 0.05) is 13.6 Å². The summed E-state index contributed by atoms with van der Waals surface area (Å²) in [7, 11) is 1.50. The number of anilines is 1. The molecule has 9 heteroatoms. The van der Waals surface area contributed by atoms with E-state index in [1.165, 1.54) is 24.1 Å². The van der Waals surface area contributed by atoms with E-state index in [1.807, 2.05) is 6.92 Å². The summed E-state index contributed by atoms with van der Waals surface area (Å²) in [6, 6.07) is 11.2. The second kappa shape index (κ2) is 11.9. The van der Waals surface area contributed by atoms with Crippen molar-refractivity contribution in [2.24, 2.45) is 0 Å². The molecular weight excluding hydrogens is 423 g/mol. The highest BCUT2D eigenvalue weighted by Gasteiger charge is 2.24. The first kappa shape index (κ1) is 24.1. The van der Waals surface area contributed by atoms with Crippen LogP contribution in [-0.4, -0.2) is 42.4 Å². The fourth-order valence-corrected chi connectivity index (χ4v) is 3.03. The number of likely N-dealkylation sites (N-methyl/N-ethyl adjacent to an activating group) is 1. The molecule has 166 valence electrons. The Morgan fingerprint density at radius 2 is 1.77 bits per heavy atom. The lowest BCUT2D eigenvalue weighted by atomic mass is 10.1. The lowest BCUT2D eigenvalue weighted by Gasteiger charge is -2.24. The van der Waals surface area contributed by atoms with Gasteiger partial charge in [-0.2, -0.15) is 0 Å². The fraction of sp³-hybridized carbons (Fsp3) is 0.318. The quantitative estimate of drug-likeness (QED) is 0.548. The van der Waals surface area contributed by atoms with Gasteiger partial charge < -0.3 is 20.9 Å². The minimum absolute atomic E-state index is 0.190. The third-order valence-electron chi connectivity index (χ3n) is 4.45. The number of benzene rings is 2. The molecule has 7 nitrogen and oxygen atoms in total. The molecule has 0 aliphatic heterocycles. The maximum absolute atomic E-state index is 13.0. The normalized spacial score (nSPS) is 11.4. The Labute approximate surface area is 186 Å². The number of hydrogen-bond acceptors (Lipinski definition) is 3. The number of hydrogen-bond donors (Lipinski definition) is 3. The van der Waals surface area contributed by atoms with Crippen LogP contribution >= 0.6 is 11.6 Å². The Hall–Kier alpha value is -3.13. The van der Waals surface area contributed by atoms with E-state index in [-0.39, 0.29) is 24.8 Å². The lowest BCUT2D eigenvalue weighted by molar-refractivity contribution is -0.135. The molecule has 0 heterocycles. The number of amides is 4. The number of urea groups is 1. The van der Waals surface area contributed by atoms with E-state index in [1.54, 1.807) is 36.4 Å². The molecule has 0 radical (unpaired) electrons. The van der Waals surface area contributed by atoms with E-state index < -0.39 is 18.0 Å². The second-order valence-corrected chi connectivity index (χ2v) is 7.42. The first-order valence-electron chi connectivity index (χ1n) is 9.88. The van der Waals surface area contributed by atoms with E-state index >= 15 is 0 Å². The molecule has 2 rings (SSSR count). The van der Waals surface area contributed by atoms with E-state index in [9.17, 15) is 18.8 Å². The monoisotopic (exact) mass is 448 g/mol. The SMILES string of the molecule is CCCC(NC(=O)NCc1ccc(F)cc1)C(=O)N(C)CC(=O)Nc1ccccc1Cl. The highest BCUT2D eigenvalue weighted by molar-refractivity contribution is 6.33. The van der Waals surface area contributed by atoms with Crippen LogP contribution in [0.2, 0.25) is 5.02 Å². The molecule has 0 aliphatic rings. The van der Waals surface area contributed by atoms with Crippen LogP contribution in [0.15, 0.2) is 48.5 Å². The summed E-state index contributed by atoms with van der Waals surface area (Å²) in [6.07, 6.45) is 1.08. The molecule has 0 saturated carbocycles. The van der Waals surface area contributed by atoms with Gasteiger partial charge in [0.1, 0.15) is 11.9 Å². The van der Waals surface area contributed by atoms with Crippen LogP contribution in [0, 0.1) is 5.82 Å². The van der Waals surface area contributed by atoms with E-state index in [0.29, 0.717) is 23.6 Å². The Morgan fingerprint density at radius 1 is 1.10 bits per heavy atom. The predicted molar refractivity (Wildman–Crippen MR) is 118 cm³/mol. The van der Waals surface area contributed by atoms with Crippen molar-refractivity contribution in [2.45, 2.75) is 32.4 Å². The lowest BCUT2D eigenvalue weighted by Crippen LogP contribution is -2.51. The van der Waals surface area contributed by atoms with Gasteiger partial charge in [0.25, 0.3) is 0 Å². The number of rotatable bonds is 9. The molecule has 1 atom stereocenters. The second-order valence-electron chi connectivity index (χ2n) is 7.02. The Balaban J connectivity index is 1.88. The van der Waals surface area contributed by atoms with Crippen molar-refractivity contribution in [1.29, 1.82) is 0 Å². The molecule has 1 unspecified atom stereocenters. The van der Waals surface area contributed by atoms with Gasteiger partial charge in [-0.1, -0.05) is 49.2 Å². The molecule has 0 bridgehead atoms. The zero-order valence-corrected chi connectivity index (χ0v) is 18.2. The predicted octanol–water partition coefficient (Wildman–Crippen LogP) is 3.54. The number of nitrogens with one attached hydrogen (secondary N) is 3. The smallest absolute Gasteiger partial charge is 0.315 e. The zero-order valence-electron chi connectivity index (χ0n) is 17.5. The van der Waals surface area contributed by atoms with E-state index in [2.05, 4.69) is 16.0 Å². The summed E-state index contributed by atoms with van der Waals surface area (Å²) in [5.74, 6) is -1.14. The van der Waals surface area contributed by atoms with Crippen molar-refractivity contribution in [3.8, 4) is 0 Å². The molecule has 3 N–H and O–H groups in total. The van der Waals surface area contributed by atoms with Gasteiger partial charge in [0.2, 0.25) is 11.8 Å². The summed E-state index contributed by atoms with van der Waals surface area (Å²) >= 11 is 6.03. The van der Waals surface area contributed by atoms with E-state index in [0.717, 1.165) is 5.56 Å². The van der Waals surface area contributed by atoms with E-state index in [4.69, 9.17) is 11.6 Å². The number of halogens is 2. The van der Waals surface area contributed by atoms with Gasteiger partial charge >= 0.3 is 6.03 Å². The summed E-state index contributed by atoms with van der Waals surface area (Å²) in [5.41, 5.74) is 1.18. The molecule has 4 amide bonds. The molecule has 2 aromatic carbocycles. The van der Waals surface area contributed by atoms with Gasteiger partial charge in [-0.25, -0.2) is 9.18 Å². The number of carbonyl (C=O) groups is 3. The van der Waals surface area contributed by atoms with Crippen molar-refractivity contribution in [2.75, 3.05) is 18.9 Å². The minimum atomic E-state index is -0.781. The zero-order chi connectivity index (χ0) is 22.8. The van der Waals surface area contributed by atoms with Gasteiger partial charge in [0.05, 0.1) is 17.3 Å². The van der Waals surface area contributed by atoms with Crippen LogP contribution in [0.5, 0.6) is 0 Å². The van der Waals surface area contributed by atoms with Crippen molar-refractivity contribution in [3.05, 3.63) is 64.9 Å². The van der Waals surface area contributed by atoms with Gasteiger partial charge in [-0.15, -0.1) is 0 Å². The molecule has 0 aromatic heterocycles. The van der Waals surface area contributed by atoms with Crippen molar-refractivity contribution >= 4 is 35.1 Å². The highest BCUT2D eigenvalue weighted by atomic mass is 35.5. The molecule has 0 aliphatic carbocycles. The molecule has 31 heavy (non-hydrogen) atoms. The van der Waals surface area contributed by atoms with Crippen molar-refractivity contribution < 1.29 is 18.8 Å². The van der Waals surface area contributed by atoms with Crippen molar-refractivity contribution in [1.82, 2.24) is 15.5 Å². The van der Waals surface area contributed by atoms with Gasteiger partial charge in [-0.3, -0.25) is 9.59 Å². The summed E-state index contributed by atoms with van der Waals surface area (Å²) < 4.78 is 13.0. The standard InChI is InChI=1S/C22H26ClFN4O3/c1-3-6-19(27-22(31)25-13-15-9-11-16(24)12-10-15)21(30)28(2)14-20(29)26-18-8-5-4-7-17(18)23/h4-5,7-12,19H,3,6,13-14H2,1-2H3,(H,26,29)(H2,25,27,31). The van der Waals surface area contributed by atoms with Crippen LogP contribution in [0.1, 0.15) is 25.3 Å². The van der Waals surface area contributed by atoms with Crippen molar-refractivity contribution in [3.63, 3.8) is 0 Å². The Kier molecular flexibility index (Phi) is 9.27. The summed E-state index contributed by atoms with van der Waals surface area (Å²) in [6.45, 7) is 1.89. The molecule has 0 spiro atoms.